The number of rotatable bonds is 6. The Morgan fingerprint density at radius 3 is 2.03 bits per heavy atom. The minimum atomic E-state index is 0.735. The number of hydrogen-bond donors (Lipinski definition) is 0. The van der Waals surface area contributed by atoms with Crippen LogP contribution in [-0.4, -0.2) is 24.2 Å². The molecular formula is C26H26N2O2. The number of fused-ring (bicyclic) bond motifs is 1. The zero-order chi connectivity index (χ0) is 21.1. The summed E-state index contributed by atoms with van der Waals surface area (Å²) in [5.74, 6) is 1.49. The largest absolute Gasteiger partial charge is 0.497 e. The van der Waals surface area contributed by atoms with E-state index in [9.17, 15) is 0 Å². The summed E-state index contributed by atoms with van der Waals surface area (Å²) < 4.78 is 11.0. The average molecular weight is 399 g/mol. The summed E-state index contributed by atoms with van der Waals surface area (Å²) in [6, 6.07) is 20.6. The van der Waals surface area contributed by atoms with Crippen LogP contribution >= 0.6 is 0 Å². The predicted molar refractivity (Wildman–Crippen MR) is 122 cm³/mol. The molecule has 0 N–H and O–H groups in total. The molecule has 30 heavy (non-hydrogen) atoms. The van der Waals surface area contributed by atoms with Crippen molar-refractivity contribution in [2.75, 3.05) is 14.2 Å². The Bertz CT molecular complexity index is 1200. The molecule has 152 valence electrons. The lowest BCUT2D eigenvalue weighted by Crippen LogP contribution is -2.05. The molecule has 4 heteroatoms. The molecule has 0 bridgehead atoms. The normalized spacial score (nSPS) is 10.9. The summed E-state index contributed by atoms with van der Waals surface area (Å²) in [5, 5.41) is 2.40. The van der Waals surface area contributed by atoms with Crippen LogP contribution in [-0.2, 0) is 12.8 Å². The molecule has 4 nitrogen and oxygen atoms in total. The quantitative estimate of drug-likeness (QED) is 0.393. The zero-order valence-electron chi connectivity index (χ0n) is 17.9. The number of aromatic nitrogens is 2. The molecule has 3 aromatic carbocycles. The SMILES string of the molecule is CCc1nc(-c2cccc3ccccc23)c(CC)nc1-c1ccc(OC)cc1OC. The molecule has 0 amide bonds. The van der Waals surface area contributed by atoms with Crippen LogP contribution in [0.15, 0.2) is 60.7 Å². The van der Waals surface area contributed by atoms with E-state index in [1.165, 1.54) is 10.8 Å². The number of benzene rings is 3. The number of aryl methyl sites for hydroxylation is 2. The van der Waals surface area contributed by atoms with Crippen molar-refractivity contribution in [1.82, 2.24) is 9.97 Å². The van der Waals surface area contributed by atoms with Gasteiger partial charge >= 0.3 is 0 Å². The molecule has 4 rings (SSSR count). The van der Waals surface area contributed by atoms with Gasteiger partial charge in [0.1, 0.15) is 11.5 Å². The van der Waals surface area contributed by atoms with Crippen LogP contribution in [0.25, 0.3) is 33.3 Å². The molecular weight excluding hydrogens is 372 g/mol. The molecule has 1 aromatic heterocycles. The van der Waals surface area contributed by atoms with Crippen LogP contribution in [0.1, 0.15) is 25.2 Å². The summed E-state index contributed by atoms with van der Waals surface area (Å²) in [4.78, 5) is 10.2. The molecule has 0 saturated heterocycles. The first-order chi connectivity index (χ1) is 14.7. The molecule has 0 atom stereocenters. The monoisotopic (exact) mass is 398 g/mol. The standard InChI is InChI=1S/C26H26N2O2/c1-5-22-25(20-13-9-11-17-10-7-8-12-19(17)20)27-23(6-2)26(28-22)21-15-14-18(29-3)16-24(21)30-4/h7-16H,5-6H2,1-4H3. The van der Waals surface area contributed by atoms with Crippen LogP contribution in [0.4, 0.5) is 0 Å². The lowest BCUT2D eigenvalue weighted by atomic mass is 9.98. The van der Waals surface area contributed by atoms with Gasteiger partial charge in [0.15, 0.2) is 0 Å². The van der Waals surface area contributed by atoms with Gasteiger partial charge in [0.2, 0.25) is 0 Å². The molecule has 0 saturated carbocycles. The fraction of sp³-hybridized carbons (Fsp3) is 0.231. The van der Waals surface area contributed by atoms with Crippen LogP contribution in [0.2, 0.25) is 0 Å². The van der Waals surface area contributed by atoms with Crippen molar-refractivity contribution < 1.29 is 9.47 Å². The van der Waals surface area contributed by atoms with Gasteiger partial charge in [-0.15, -0.1) is 0 Å². The van der Waals surface area contributed by atoms with Crippen molar-refractivity contribution in [3.05, 3.63) is 72.1 Å². The molecule has 0 spiro atoms. The van der Waals surface area contributed by atoms with Gasteiger partial charge in [0, 0.05) is 17.2 Å². The third kappa shape index (κ3) is 3.50. The van der Waals surface area contributed by atoms with Crippen molar-refractivity contribution in [2.24, 2.45) is 0 Å². The predicted octanol–water partition coefficient (Wildman–Crippen LogP) is 6.11. The molecule has 0 aliphatic heterocycles. The second-order valence-corrected chi connectivity index (χ2v) is 7.11. The first-order valence-electron chi connectivity index (χ1n) is 10.3. The second-order valence-electron chi connectivity index (χ2n) is 7.11. The maximum atomic E-state index is 5.64. The molecule has 0 fully saturated rings. The maximum absolute atomic E-state index is 5.64. The van der Waals surface area contributed by atoms with Gasteiger partial charge in [0.05, 0.1) is 37.0 Å². The van der Waals surface area contributed by atoms with E-state index in [4.69, 9.17) is 19.4 Å². The highest BCUT2D eigenvalue weighted by Gasteiger charge is 2.19. The average Bonchev–Trinajstić information content (AvgIpc) is 2.82. The van der Waals surface area contributed by atoms with E-state index in [1.807, 2.05) is 18.2 Å². The number of ether oxygens (including phenoxy) is 2. The Morgan fingerprint density at radius 2 is 1.37 bits per heavy atom. The highest BCUT2D eigenvalue weighted by atomic mass is 16.5. The number of nitrogens with zero attached hydrogens (tertiary/aromatic N) is 2. The van der Waals surface area contributed by atoms with Crippen molar-refractivity contribution in [2.45, 2.75) is 26.7 Å². The minimum absolute atomic E-state index is 0.735. The van der Waals surface area contributed by atoms with E-state index in [0.29, 0.717) is 0 Å². The Balaban J connectivity index is 1.95. The van der Waals surface area contributed by atoms with E-state index in [0.717, 1.165) is 58.2 Å². The first-order valence-corrected chi connectivity index (χ1v) is 10.3. The van der Waals surface area contributed by atoms with Crippen molar-refractivity contribution >= 4 is 10.8 Å². The minimum Gasteiger partial charge on any atom is -0.497 e. The van der Waals surface area contributed by atoms with Gasteiger partial charge in [-0.05, 0) is 35.7 Å². The Labute approximate surface area is 177 Å². The molecule has 0 aliphatic rings. The summed E-state index contributed by atoms with van der Waals surface area (Å²) >= 11 is 0. The molecule has 0 unspecified atom stereocenters. The topological polar surface area (TPSA) is 44.2 Å². The highest BCUT2D eigenvalue weighted by Crippen LogP contribution is 2.36. The molecule has 1 heterocycles. The Kier molecular flexibility index (Phi) is 5.66. The van der Waals surface area contributed by atoms with Gasteiger partial charge in [-0.2, -0.15) is 0 Å². The van der Waals surface area contributed by atoms with E-state index in [2.05, 4.69) is 56.3 Å². The van der Waals surface area contributed by atoms with E-state index < -0.39 is 0 Å². The third-order valence-electron chi connectivity index (χ3n) is 5.42. The zero-order valence-corrected chi connectivity index (χ0v) is 17.9. The first kappa shape index (κ1) is 19.9. The van der Waals surface area contributed by atoms with Crippen molar-refractivity contribution in [3.8, 4) is 34.0 Å². The maximum Gasteiger partial charge on any atom is 0.132 e. The number of hydrogen-bond acceptors (Lipinski definition) is 4. The summed E-state index contributed by atoms with van der Waals surface area (Å²) in [5.41, 5.74) is 5.83. The summed E-state index contributed by atoms with van der Waals surface area (Å²) in [7, 11) is 3.32. The third-order valence-corrected chi connectivity index (χ3v) is 5.42. The van der Waals surface area contributed by atoms with E-state index >= 15 is 0 Å². The smallest absolute Gasteiger partial charge is 0.132 e. The van der Waals surface area contributed by atoms with E-state index in [-0.39, 0.29) is 0 Å². The molecule has 0 aliphatic carbocycles. The van der Waals surface area contributed by atoms with Gasteiger partial charge < -0.3 is 9.47 Å². The second kappa shape index (κ2) is 8.54. The Hall–Kier alpha value is -3.40. The van der Waals surface area contributed by atoms with Crippen molar-refractivity contribution in [1.29, 1.82) is 0 Å². The highest BCUT2D eigenvalue weighted by molar-refractivity contribution is 5.96. The van der Waals surface area contributed by atoms with Gasteiger partial charge in [-0.3, -0.25) is 0 Å². The number of methoxy groups -OCH3 is 2. The molecule has 0 radical (unpaired) electrons. The van der Waals surface area contributed by atoms with E-state index in [1.54, 1.807) is 14.2 Å². The molecule has 4 aromatic rings. The Morgan fingerprint density at radius 1 is 0.700 bits per heavy atom. The fourth-order valence-electron chi connectivity index (χ4n) is 3.86. The lowest BCUT2D eigenvalue weighted by molar-refractivity contribution is 0.395. The van der Waals surface area contributed by atoms with Crippen LogP contribution < -0.4 is 9.47 Å². The summed E-state index contributed by atoms with van der Waals surface area (Å²) in [6.45, 7) is 4.24. The lowest BCUT2D eigenvalue weighted by Gasteiger charge is -2.17. The van der Waals surface area contributed by atoms with Gasteiger partial charge in [-0.1, -0.05) is 56.3 Å². The van der Waals surface area contributed by atoms with Gasteiger partial charge in [-0.25, -0.2) is 9.97 Å². The van der Waals surface area contributed by atoms with Crippen LogP contribution in [0.3, 0.4) is 0 Å². The van der Waals surface area contributed by atoms with Crippen molar-refractivity contribution in [3.63, 3.8) is 0 Å². The van der Waals surface area contributed by atoms with Crippen LogP contribution in [0, 0.1) is 0 Å². The van der Waals surface area contributed by atoms with Gasteiger partial charge in [0.25, 0.3) is 0 Å². The summed E-state index contributed by atoms with van der Waals surface area (Å²) in [6.07, 6.45) is 1.57. The van der Waals surface area contributed by atoms with Crippen LogP contribution in [0.5, 0.6) is 11.5 Å². The fourth-order valence-corrected chi connectivity index (χ4v) is 3.86.